The van der Waals surface area contributed by atoms with Crippen LogP contribution in [0.4, 0.5) is 8.78 Å². The molecule has 2 rings (SSSR count). The largest absolute Gasteiger partial charge is 0.378 e. The zero-order chi connectivity index (χ0) is 17.0. The summed E-state index contributed by atoms with van der Waals surface area (Å²) in [5.41, 5.74) is 0. The third-order valence-corrected chi connectivity index (χ3v) is 6.36. The lowest BCUT2D eigenvalue weighted by atomic mass is 9.75. The number of halogens is 2. The average Bonchev–Trinajstić information content (AvgIpc) is 2.56. The first kappa shape index (κ1) is 19.1. The average molecular weight is 331 g/mol. The second-order valence-corrected chi connectivity index (χ2v) is 8.43. The van der Waals surface area contributed by atoms with Crippen molar-refractivity contribution in [1.82, 2.24) is 0 Å². The highest BCUT2D eigenvalue weighted by Gasteiger charge is 2.39. The van der Waals surface area contributed by atoms with E-state index in [4.69, 9.17) is 4.74 Å². The molecule has 1 heterocycles. The zero-order valence-electron chi connectivity index (χ0n) is 15.4. The van der Waals surface area contributed by atoms with Gasteiger partial charge in [0.25, 0.3) is 0 Å². The summed E-state index contributed by atoms with van der Waals surface area (Å²) < 4.78 is 34.8. The molecule has 2 aliphatic rings. The van der Waals surface area contributed by atoms with Gasteiger partial charge in [0, 0.05) is 0 Å². The molecule has 1 saturated heterocycles. The van der Waals surface area contributed by atoms with E-state index in [1.807, 2.05) is 6.92 Å². The van der Waals surface area contributed by atoms with E-state index >= 15 is 0 Å². The van der Waals surface area contributed by atoms with Gasteiger partial charge in [0.2, 0.25) is 0 Å². The molecule has 1 nitrogen and oxygen atoms in total. The van der Waals surface area contributed by atoms with Crippen molar-refractivity contribution in [1.29, 1.82) is 0 Å². The van der Waals surface area contributed by atoms with Crippen LogP contribution in [0.15, 0.2) is 0 Å². The Kier molecular flexibility index (Phi) is 7.31. The van der Waals surface area contributed by atoms with Crippen molar-refractivity contribution in [2.45, 2.75) is 91.1 Å². The van der Waals surface area contributed by atoms with Gasteiger partial charge >= 0.3 is 0 Å². The summed E-state index contributed by atoms with van der Waals surface area (Å²) in [6.07, 6.45) is 5.59. The summed E-state index contributed by atoms with van der Waals surface area (Å²) >= 11 is 0. The van der Waals surface area contributed by atoms with E-state index < -0.39 is 12.3 Å². The van der Waals surface area contributed by atoms with Gasteiger partial charge < -0.3 is 4.74 Å². The molecule has 1 aliphatic heterocycles. The van der Waals surface area contributed by atoms with Gasteiger partial charge in [-0.25, -0.2) is 8.78 Å². The lowest BCUT2D eigenvalue weighted by Crippen LogP contribution is -2.41. The molecule has 2 fully saturated rings. The molecule has 5 unspecified atom stereocenters. The van der Waals surface area contributed by atoms with E-state index in [-0.39, 0.29) is 17.8 Å². The molecule has 0 bridgehead atoms. The minimum absolute atomic E-state index is 0.186. The van der Waals surface area contributed by atoms with Gasteiger partial charge in [0.05, 0.1) is 12.7 Å². The van der Waals surface area contributed by atoms with E-state index in [0.29, 0.717) is 25.0 Å². The maximum absolute atomic E-state index is 14.6. The van der Waals surface area contributed by atoms with Crippen molar-refractivity contribution in [3.8, 4) is 0 Å². The molecular weight excluding hydrogens is 294 g/mol. The Morgan fingerprint density at radius 1 is 0.957 bits per heavy atom. The maximum Gasteiger partial charge on any atom is 0.135 e. The van der Waals surface area contributed by atoms with Crippen LogP contribution in [0, 0.1) is 29.6 Å². The lowest BCUT2D eigenvalue weighted by molar-refractivity contribution is -0.0837. The van der Waals surface area contributed by atoms with Crippen molar-refractivity contribution in [3.63, 3.8) is 0 Å². The Labute approximate surface area is 141 Å². The Morgan fingerprint density at radius 2 is 1.61 bits per heavy atom. The summed E-state index contributed by atoms with van der Waals surface area (Å²) in [6.45, 7) is 8.48. The van der Waals surface area contributed by atoms with E-state index in [0.717, 1.165) is 18.8 Å². The predicted molar refractivity (Wildman–Crippen MR) is 92.0 cm³/mol. The van der Waals surface area contributed by atoms with Crippen LogP contribution < -0.4 is 0 Å². The fraction of sp³-hybridized carbons (Fsp3) is 1.00. The molecular formula is C20H36F2O. The molecule has 0 radical (unpaired) electrons. The second-order valence-electron chi connectivity index (χ2n) is 8.43. The fourth-order valence-electron chi connectivity index (χ4n) is 4.58. The number of hydrogen-bond donors (Lipinski definition) is 0. The van der Waals surface area contributed by atoms with Crippen molar-refractivity contribution < 1.29 is 13.5 Å². The Hall–Kier alpha value is -0.180. The minimum Gasteiger partial charge on any atom is -0.378 e. The van der Waals surface area contributed by atoms with Gasteiger partial charge in [-0.2, -0.15) is 0 Å². The highest BCUT2D eigenvalue weighted by Crippen LogP contribution is 2.39. The Balaban J connectivity index is 1.84. The SMILES string of the molecule is CCC(C1CCC(C2CCC(C)CC2)OC1)C(F)C(F)C(C)C. The molecule has 1 saturated carbocycles. The second kappa shape index (κ2) is 8.78. The van der Waals surface area contributed by atoms with Gasteiger partial charge in [-0.05, 0) is 55.3 Å². The summed E-state index contributed by atoms with van der Waals surface area (Å²) in [6, 6.07) is 0. The quantitative estimate of drug-likeness (QED) is 0.583. The first-order chi connectivity index (χ1) is 10.9. The van der Waals surface area contributed by atoms with Gasteiger partial charge in [0.15, 0.2) is 0 Å². The highest BCUT2D eigenvalue weighted by atomic mass is 19.2. The van der Waals surface area contributed by atoms with Crippen LogP contribution >= 0.6 is 0 Å². The first-order valence-electron chi connectivity index (χ1n) is 9.83. The van der Waals surface area contributed by atoms with Crippen molar-refractivity contribution in [3.05, 3.63) is 0 Å². The van der Waals surface area contributed by atoms with E-state index in [2.05, 4.69) is 6.92 Å². The van der Waals surface area contributed by atoms with Crippen LogP contribution in [0.2, 0.25) is 0 Å². The number of alkyl halides is 2. The predicted octanol–water partition coefficient (Wildman–Crippen LogP) is 5.97. The molecule has 23 heavy (non-hydrogen) atoms. The van der Waals surface area contributed by atoms with Crippen molar-refractivity contribution in [2.75, 3.05) is 6.61 Å². The fourth-order valence-corrected chi connectivity index (χ4v) is 4.58. The molecule has 136 valence electrons. The van der Waals surface area contributed by atoms with Crippen LogP contribution in [-0.4, -0.2) is 25.1 Å². The standard InChI is InChI=1S/C20H36F2O/c1-5-17(20(22)19(21)13(2)3)16-10-11-18(23-12-16)15-8-6-14(4)7-9-15/h13-20H,5-12H2,1-4H3. The normalized spacial score (nSPS) is 36.7. The van der Waals surface area contributed by atoms with E-state index in [1.165, 1.54) is 25.7 Å². The molecule has 0 N–H and O–H groups in total. The number of rotatable bonds is 6. The third-order valence-electron chi connectivity index (χ3n) is 6.36. The summed E-state index contributed by atoms with van der Waals surface area (Å²) in [5.74, 6) is 1.29. The maximum atomic E-state index is 14.6. The molecule has 3 heteroatoms. The Morgan fingerprint density at radius 3 is 2.09 bits per heavy atom. The molecule has 0 amide bonds. The summed E-state index contributed by atoms with van der Waals surface area (Å²) in [7, 11) is 0. The monoisotopic (exact) mass is 330 g/mol. The minimum atomic E-state index is -1.35. The van der Waals surface area contributed by atoms with Gasteiger partial charge in [-0.1, -0.05) is 47.0 Å². The molecule has 5 atom stereocenters. The zero-order valence-corrected chi connectivity index (χ0v) is 15.4. The molecule has 0 aromatic heterocycles. The summed E-state index contributed by atoms with van der Waals surface area (Å²) in [4.78, 5) is 0. The van der Waals surface area contributed by atoms with Gasteiger partial charge in [0.1, 0.15) is 12.3 Å². The third kappa shape index (κ3) is 4.90. The molecule has 1 aliphatic carbocycles. The summed E-state index contributed by atoms with van der Waals surface area (Å²) in [5, 5.41) is 0. The number of ether oxygens (including phenoxy) is 1. The Bertz CT molecular complexity index is 331. The van der Waals surface area contributed by atoms with Gasteiger partial charge in [-0.3, -0.25) is 0 Å². The molecule has 0 aromatic rings. The smallest absolute Gasteiger partial charge is 0.135 e. The van der Waals surface area contributed by atoms with E-state index in [1.54, 1.807) is 13.8 Å². The molecule has 0 spiro atoms. The van der Waals surface area contributed by atoms with Crippen molar-refractivity contribution >= 4 is 0 Å². The van der Waals surface area contributed by atoms with Crippen molar-refractivity contribution in [2.24, 2.45) is 29.6 Å². The number of hydrogen-bond acceptors (Lipinski definition) is 1. The molecule has 0 aromatic carbocycles. The first-order valence-corrected chi connectivity index (χ1v) is 9.83. The lowest BCUT2D eigenvalue weighted by Gasteiger charge is -2.40. The van der Waals surface area contributed by atoms with Gasteiger partial charge in [-0.15, -0.1) is 0 Å². The van der Waals surface area contributed by atoms with Crippen LogP contribution in [0.5, 0.6) is 0 Å². The van der Waals surface area contributed by atoms with E-state index in [9.17, 15) is 8.78 Å². The topological polar surface area (TPSA) is 9.23 Å². The van der Waals surface area contributed by atoms with Crippen LogP contribution in [-0.2, 0) is 4.74 Å². The highest BCUT2D eigenvalue weighted by molar-refractivity contribution is 4.87. The van der Waals surface area contributed by atoms with Crippen LogP contribution in [0.3, 0.4) is 0 Å². The van der Waals surface area contributed by atoms with Crippen LogP contribution in [0.1, 0.15) is 72.6 Å². The van der Waals surface area contributed by atoms with Crippen LogP contribution in [0.25, 0.3) is 0 Å².